The lowest BCUT2D eigenvalue weighted by atomic mass is 9.94. The Kier molecular flexibility index (Phi) is 6.49. The molecule has 32 heavy (non-hydrogen) atoms. The van der Waals surface area contributed by atoms with Crippen molar-refractivity contribution in [3.63, 3.8) is 0 Å². The normalized spacial score (nSPS) is 20.7. The Morgan fingerprint density at radius 3 is 2.50 bits per heavy atom. The van der Waals surface area contributed by atoms with Gasteiger partial charge >= 0.3 is 0 Å². The van der Waals surface area contributed by atoms with Crippen molar-refractivity contribution in [2.45, 2.75) is 51.1 Å². The number of hydrogen-bond donors (Lipinski definition) is 1. The molecule has 0 spiro atoms. The molecule has 0 radical (unpaired) electrons. The molecule has 1 atom stereocenters. The summed E-state index contributed by atoms with van der Waals surface area (Å²) < 4.78 is 11.1. The number of Topliss-reactive ketones (excluding diaryl/α,β-unsaturated/α-hetero) is 1. The summed E-state index contributed by atoms with van der Waals surface area (Å²) in [5.74, 6) is -0.140. The summed E-state index contributed by atoms with van der Waals surface area (Å²) in [7, 11) is 1.58. The van der Waals surface area contributed by atoms with E-state index in [2.05, 4.69) is 0 Å². The first-order chi connectivity index (χ1) is 15.5. The Hall–Kier alpha value is -3.28. The molecule has 1 unspecified atom stereocenters. The Balaban J connectivity index is 1.84. The fourth-order valence-electron chi connectivity index (χ4n) is 4.66. The molecule has 1 saturated heterocycles. The molecular weight excluding hydrogens is 406 g/mol. The van der Waals surface area contributed by atoms with E-state index in [0.29, 0.717) is 23.7 Å². The predicted molar refractivity (Wildman–Crippen MR) is 122 cm³/mol. The van der Waals surface area contributed by atoms with Crippen LogP contribution in [0.1, 0.15) is 56.2 Å². The highest BCUT2D eigenvalue weighted by Gasteiger charge is 2.49. The summed E-state index contributed by atoms with van der Waals surface area (Å²) in [5, 5.41) is 11.3. The second-order valence-electron chi connectivity index (χ2n) is 8.30. The summed E-state index contributed by atoms with van der Waals surface area (Å²) in [4.78, 5) is 28.0. The van der Waals surface area contributed by atoms with Gasteiger partial charge in [0.2, 0.25) is 0 Å². The number of ether oxygens (including phenoxy) is 2. The fraction of sp³-hybridized carbons (Fsp3) is 0.385. The quantitative estimate of drug-likeness (QED) is 0.382. The first-order valence-electron chi connectivity index (χ1n) is 11.2. The van der Waals surface area contributed by atoms with Gasteiger partial charge in [0.1, 0.15) is 17.3 Å². The minimum absolute atomic E-state index is 0.0211. The number of hydrogen-bond acceptors (Lipinski definition) is 5. The molecule has 2 aromatic carbocycles. The van der Waals surface area contributed by atoms with Crippen molar-refractivity contribution in [2.24, 2.45) is 0 Å². The molecule has 6 heteroatoms. The SMILES string of the molecule is CCCOc1cccc(/C(O)=C2/C(=O)C(=O)N(C3CCCC3)C2c2cccc(OC)c2)c1. The van der Waals surface area contributed by atoms with Crippen molar-refractivity contribution in [2.75, 3.05) is 13.7 Å². The Bertz CT molecular complexity index is 1040. The molecule has 6 nitrogen and oxygen atoms in total. The lowest BCUT2D eigenvalue weighted by molar-refractivity contribution is -0.141. The third-order valence-corrected chi connectivity index (χ3v) is 6.19. The van der Waals surface area contributed by atoms with E-state index in [1.165, 1.54) is 0 Å². The number of aliphatic hydroxyl groups is 1. The van der Waals surface area contributed by atoms with Gasteiger partial charge in [-0.05, 0) is 49.1 Å². The summed E-state index contributed by atoms with van der Waals surface area (Å²) in [6.45, 7) is 2.57. The lowest BCUT2D eigenvalue weighted by Crippen LogP contribution is -2.37. The van der Waals surface area contributed by atoms with Crippen molar-refractivity contribution < 1.29 is 24.2 Å². The average Bonchev–Trinajstić information content (AvgIpc) is 3.44. The van der Waals surface area contributed by atoms with Crippen LogP contribution in [0.15, 0.2) is 54.1 Å². The maximum absolute atomic E-state index is 13.2. The molecule has 1 heterocycles. The highest BCUT2D eigenvalue weighted by Crippen LogP contribution is 2.44. The van der Waals surface area contributed by atoms with E-state index in [0.717, 1.165) is 37.7 Å². The van der Waals surface area contributed by atoms with E-state index in [-0.39, 0.29) is 17.4 Å². The topological polar surface area (TPSA) is 76.1 Å². The summed E-state index contributed by atoms with van der Waals surface area (Å²) >= 11 is 0. The second kappa shape index (κ2) is 9.47. The van der Waals surface area contributed by atoms with Gasteiger partial charge in [-0.25, -0.2) is 0 Å². The monoisotopic (exact) mass is 435 g/mol. The van der Waals surface area contributed by atoms with Gasteiger partial charge in [-0.1, -0.05) is 44.0 Å². The van der Waals surface area contributed by atoms with Gasteiger partial charge in [0.25, 0.3) is 11.7 Å². The first kappa shape index (κ1) is 21.9. The number of ketones is 1. The van der Waals surface area contributed by atoms with E-state index in [4.69, 9.17) is 9.47 Å². The highest BCUT2D eigenvalue weighted by atomic mass is 16.5. The van der Waals surface area contributed by atoms with E-state index < -0.39 is 17.7 Å². The summed E-state index contributed by atoms with van der Waals surface area (Å²) in [5.41, 5.74) is 1.31. The number of rotatable bonds is 7. The first-order valence-corrected chi connectivity index (χ1v) is 11.2. The van der Waals surface area contributed by atoms with Gasteiger partial charge < -0.3 is 19.5 Å². The largest absolute Gasteiger partial charge is 0.507 e. The Morgan fingerprint density at radius 1 is 1.06 bits per heavy atom. The van der Waals surface area contributed by atoms with Crippen LogP contribution in [0.3, 0.4) is 0 Å². The number of benzene rings is 2. The highest BCUT2D eigenvalue weighted by molar-refractivity contribution is 6.46. The smallest absolute Gasteiger partial charge is 0.295 e. The van der Waals surface area contributed by atoms with Crippen molar-refractivity contribution in [3.8, 4) is 11.5 Å². The fourth-order valence-corrected chi connectivity index (χ4v) is 4.66. The van der Waals surface area contributed by atoms with Crippen LogP contribution in [0.5, 0.6) is 11.5 Å². The van der Waals surface area contributed by atoms with Crippen LogP contribution in [0, 0.1) is 0 Å². The molecule has 0 aromatic heterocycles. The van der Waals surface area contributed by atoms with E-state index >= 15 is 0 Å². The van der Waals surface area contributed by atoms with Gasteiger partial charge in [-0.15, -0.1) is 0 Å². The van der Waals surface area contributed by atoms with Crippen LogP contribution in [-0.4, -0.2) is 41.5 Å². The molecule has 1 N–H and O–H groups in total. The van der Waals surface area contributed by atoms with Gasteiger partial charge in [0.15, 0.2) is 0 Å². The lowest BCUT2D eigenvalue weighted by Gasteiger charge is -2.31. The minimum Gasteiger partial charge on any atom is -0.507 e. The molecule has 1 aliphatic heterocycles. The molecule has 168 valence electrons. The van der Waals surface area contributed by atoms with E-state index in [1.54, 1.807) is 30.2 Å². The zero-order valence-electron chi connectivity index (χ0n) is 18.5. The van der Waals surface area contributed by atoms with Crippen LogP contribution >= 0.6 is 0 Å². The molecule has 2 aromatic rings. The molecular formula is C26H29NO5. The van der Waals surface area contributed by atoms with Gasteiger partial charge in [0.05, 0.1) is 25.3 Å². The third-order valence-electron chi connectivity index (χ3n) is 6.19. The van der Waals surface area contributed by atoms with Crippen LogP contribution in [-0.2, 0) is 9.59 Å². The van der Waals surface area contributed by atoms with Crippen molar-refractivity contribution in [3.05, 3.63) is 65.2 Å². The molecule has 1 saturated carbocycles. The maximum Gasteiger partial charge on any atom is 0.295 e. The summed E-state index contributed by atoms with van der Waals surface area (Å²) in [6, 6.07) is 13.7. The van der Waals surface area contributed by atoms with E-state index in [1.807, 2.05) is 37.3 Å². The van der Waals surface area contributed by atoms with Gasteiger partial charge in [-0.3, -0.25) is 9.59 Å². The number of carbonyl (C=O) groups is 2. The molecule has 2 fully saturated rings. The minimum atomic E-state index is -0.659. The van der Waals surface area contributed by atoms with Gasteiger partial charge in [0, 0.05) is 11.6 Å². The van der Waals surface area contributed by atoms with Gasteiger partial charge in [-0.2, -0.15) is 0 Å². The zero-order valence-corrected chi connectivity index (χ0v) is 18.5. The standard InChI is InChI=1S/C26H29NO5/c1-3-14-32-21-13-7-9-18(16-21)24(28)22-23(17-8-6-12-20(15-17)31-2)27(26(30)25(22)29)19-10-4-5-11-19/h6-9,12-13,15-16,19,23,28H,3-5,10-11,14H2,1-2H3/b24-22-. The van der Waals surface area contributed by atoms with Crippen molar-refractivity contribution >= 4 is 17.4 Å². The van der Waals surface area contributed by atoms with Crippen LogP contribution < -0.4 is 9.47 Å². The molecule has 2 aliphatic rings. The number of aliphatic hydroxyl groups excluding tert-OH is 1. The summed E-state index contributed by atoms with van der Waals surface area (Å²) in [6.07, 6.45) is 4.62. The van der Waals surface area contributed by atoms with Crippen molar-refractivity contribution in [1.29, 1.82) is 0 Å². The number of nitrogens with zero attached hydrogens (tertiary/aromatic N) is 1. The number of carbonyl (C=O) groups excluding carboxylic acids is 2. The number of methoxy groups -OCH3 is 1. The Labute approximate surface area is 188 Å². The van der Waals surface area contributed by atoms with Crippen LogP contribution in [0.25, 0.3) is 5.76 Å². The van der Waals surface area contributed by atoms with Crippen molar-refractivity contribution in [1.82, 2.24) is 4.90 Å². The predicted octanol–water partition coefficient (Wildman–Crippen LogP) is 4.85. The van der Waals surface area contributed by atoms with Crippen LogP contribution in [0.4, 0.5) is 0 Å². The molecule has 1 aliphatic carbocycles. The molecule has 0 bridgehead atoms. The van der Waals surface area contributed by atoms with Crippen LogP contribution in [0.2, 0.25) is 0 Å². The molecule has 4 rings (SSSR count). The van der Waals surface area contributed by atoms with E-state index in [9.17, 15) is 14.7 Å². The number of amides is 1. The number of likely N-dealkylation sites (tertiary alicyclic amines) is 1. The molecule has 1 amide bonds. The Morgan fingerprint density at radius 2 is 1.78 bits per heavy atom. The average molecular weight is 436 g/mol. The second-order valence-corrected chi connectivity index (χ2v) is 8.30. The maximum atomic E-state index is 13.2. The zero-order chi connectivity index (χ0) is 22.7. The third kappa shape index (κ3) is 4.09.